The van der Waals surface area contributed by atoms with Gasteiger partial charge in [-0.15, -0.1) is 12.4 Å². The van der Waals surface area contributed by atoms with Gasteiger partial charge in [-0.05, 0) is 18.2 Å². The number of benzene rings is 1. The van der Waals surface area contributed by atoms with E-state index in [-0.39, 0.29) is 36.2 Å². The Bertz CT molecular complexity index is 948. The van der Waals surface area contributed by atoms with Crippen LogP contribution >= 0.6 is 12.4 Å². The number of amides is 1. The maximum atomic E-state index is 14.3. The number of alkyl halides is 2. The average molecular weight is 418 g/mol. The summed E-state index contributed by atoms with van der Waals surface area (Å²) in [5.74, 6) is -1.86. The summed E-state index contributed by atoms with van der Waals surface area (Å²) < 4.78 is 46.9. The molecule has 0 bridgehead atoms. The first-order valence-electron chi connectivity index (χ1n) is 7.68. The Kier molecular flexibility index (Phi) is 6.41. The molecule has 0 radical (unpaired) electrons. The summed E-state index contributed by atoms with van der Waals surface area (Å²) in [7, 11) is 0. The Balaban J connectivity index is 0.00000280. The van der Waals surface area contributed by atoms with Crippen molar-refractivity contribution in [3.63, 3.8) is 0 Å². The molecule has 3 rings (SSSR count). The fourth-order valence-corrected chi connectivity index (χ4v) is 2.60. The molecule has 1 aromatic carbocycles. The van der Waals surface area contributed by atoms with Gasteiger partial charge in [-0.2, -0.15) is 0 Å². The van der Waals surface area contributed by atoms with Crippen molar-refractivity contribution in [1.29, 1.82) is 0 Å². The number of nitrogens with one attached hydrogen (secondary N) is 2. The van der Waals surface area contributed by atoms with Crippen LogP contribution in [0.25, 0.3) is 0 Å². The van der Waals surface area contributed by atoms with E-state index < -0.39 is 41.4 Å². The highest BCUT2D eigenvalue weighted by molar-refractivity contribution is 6.02. The van der Waals surface area contributed by atoms with Crippen molar-refractivity contribution in [3.8, 4) is 0 Å². The van der Waals surface area contributed by atoms with E-state index in [2.05, 4.69) is 20.3 Å². The number of aliphatic imine (C=N–C) groups is 1. The maximum absolute atomic E-state index is 14.3. The lowest BCUT2D eigenvalue weighted by Crippen LogP contribution is -2.45. The highest BCUT2D eigenvalue weighted by atomic mass is 35.5. The number of aromatic amines is 1. The first kappa shape index (κ1) is 21.4. The van der Waals surface area contributed by atoms with E-state index in [1.807, 2.05) is 0 Å². The highest BCUT2D eigenvalue weighted by Gasteiger charge is 2.46. The summed E-state index contributed by atoms with van der Waals surface area (Å²) in [4.78, 5) is 32.8. The molecule has 8 nitrogen and oxygen atoms in total. The summed E-state index contributed by atoms with van der Waals surface area (Å²) in [6.07, 6.45) is -1.10. The number of hydrogen-bond acceptors (Lipinski definition) is 6. The molecular weight excluding hydrogens is 403 g/mol. The fourth-order valence-electron chi connectivity index (χ4n) is 2.60. The van der Waals surface area contributed by atoms with Crippen LogP contribution in [0.3, 0.4) is 0 Å². The number of halogens is 4. The molecule has 0 fully saturated rings. The van der Waals surface area contributed by atoms with Crippen LogP contribution in [-0.4, -0.2) is 41.3 Å². The lowest BCUT2D eigenvalue weighted by atomic mass is 9.90. The lowest BCUT2D eigenvalue weighted by molar-refractivity contribution is -0.0145. The summed E-state index contributed by atoms with van der Waals surface area (Å²) in [6.45, 7) is -0.703. The van der Waals surface area contributed by atoms with Crippen molar-refractivity contribution in [2.45, 2.75) is 12.0 Å². The van der Waals surface area contributed by atoms with Gasteiger partial charge in [0.25, 0.3) is 17.9 Å². The normalized spacial score (nSPS) is 18.9. The summed E-state index contributed by atoms with van der Waals surface area (Å²) >= 11 is 0. The smallest absolute Gasteiger partial charge is 0.275 e. The third-order valence-corrected chi connectivity index (χ3v) is 3.87. The Morgan fingerprint density at radius 3 is 2.75 bits per heavy atom. The fraction of sp³-hybridized carbons (Fsp3) is 0.250. The van der Waals surface area contributed by atoms with Gasteiger partial charge in [0, 0.05) is 17.4 Å². The topological polar surface area (TPSA) is 122 Å². The summed E-state index contributed by atoms with van der Waals surface area (Å²) in [5, 5.41) is 2.40. The summed E-state index contributed by atoms with van der Waals surface area (Å²) in [6, 6.07) is 3.16. The second kappa shape index (κ2) is 8.40. The molecule has 0 saturated carbocycles. The van der Waals surface area contributed by atoms with E-state index in [9.17, 15) is 22.8 Å². The standard InChI is InChI=1S/C16H14F3N5O3.ClH/c17-10-2-1-8(23-14(26)11-4-22-13(25)5-21-11)3-9(10)16(15(18)19)7-27-6-12(20)24-16;/h1-5,15H,6-7H2,(H2,20,24)(H,22,25)(H,23,26);1H/t16-;/m0./s1. The Hall–Kier alpha value is -2.92. The quantitative estimate of drug-likeness (QED) is 0.694. The molecule has 2 aromatic rings. The van der Waals surface area contributed by atoms with E-state index in [1.165, 1.54) is 6.07 Å². The van der Waals surface area contributed by atoms with Crippen molar-refractivity contribution < 1.29 is 22.7 Å². The third-order valence-electron chi connectivity index (χ3n) is 3.87. The number of rotatable bonds is 4. The SMILES string of the molecule is Cl.NC1=N[C@@](c2cc(NC(=O)c3c[nH]c(=O)cn3)ccc2F)(C(F)F)COC1. The predicted octanol–water partition coefficient (Wildman–Crippen LogP) is 1.43. The molecule has 1 aliphatic heterocycles. The number of carbonyl (C=O) groups is 1. The van der Waals surface area contributed by atoms with Crippen LogP contribution < -0.4 is 16.6 Å². The molecule has 0 saturated heterocycles. The van der Waals surface area contributed by atoms with Gasteiger partial charge in [-0.25, -0.2) is 18.2 Å². The monoisotopic (exact) mass is 417 g/mol. The van der Waals surface area contributed by atoms with Gasteiger partial charge in [-0.1, -0.05) is 0 Å². The van der Waals surface area contributed by atoms with Crippen LogP contribution in [0, 0.1) is 5.82 Å². The van der Waals surface area contributed by atoms with E-state index in [0.717, 1.165) is 24.5 Å². The van der Waals surface area contributed by atoms with E-state index in [1.54, 1.807) is 0 Å². The van der Waals surface area contributed by atoms with E-state index in [4.69, 9.17) is 10.5 Å². The number of nitrogens with zero attached hydrogens (tertiary/aromatic N) is 2. The molecule has 1 amide bonds. The van der Waals surface area contributed by atoms with Crippen LogP contribution in [0.15, 0.2) is 40.4 Å². The van der Waals surface area contributed by atoms with Gasteiger partial charge in [-0.3, -0.25) is 14.6 Å². The van der Waals surface area contributed by atoms with Crippen LogP contribution in [0.2, 0.25) is 0 Å². The van der Waals surface area contributed by atoms with Crippen LogP contribution in [0.1, 0.15) is 16.1 Å². The van der Waals surface area contributed by atoms with E-state index in [0.29, 0.717) is 0 Å². The van der Waals surface area contributed by atoms with Gasteiger partial charge >= 0.3 is 0 Å². The Morgan fingerprint density at radius 2 is 2.14 bits per heavy atom. The molecule has 1 aromatic heterocycles. The van der Waals surface area contributed by atoms with Crippen LogP contribution in [-0.2, 0) is 10.3 Å². The van der Waals surface area contributed by atoms with Gasteiger partial charge in [0.05, 0.1) is 12.8 Å². The number of H-pyrrole nitrogens is 1. The van der Waals surface area contributed by atoms with Gasteiger partial charge in [0.1, 0.15) is 24.0 Å². The second-order valence-electron chi connectivity index (χ2n) is 5.77. The maximum Gasteiger partial charge on any atom is 0.275 e. The minimum absolute atomic E-state index is 0. The lowest BCUT2D eigenvalue weighted by Gasteiger charge is -2.33. The van der Waals surface area contributed by atoms with Gasteiger partial charge in [0.2, 0.25) is 0 Å². The van der Waals surface area contributed by atoms with Gasteiger partial charge in [0.15, 0.2) is 5.54 Å². The molecule has 1 atom stereocenters. The highest BCUT2D eigenvalue weighted by Crippen LogP contribution is 2.37. The zero-order chi connectivity index (χ0) is 19.6. The van der Waals surface area contributed by atoms with Crippen molar-refractivity contribution in [2.24, 2.45) is 10.7 Å². The average Bonchev–Trinajstić information content (AvgIpc) is 2.63. The summed E-state index contributed by atoms with van der Waals surface area (Å²) in [5.41, 5.74) is 2.14. The molecule has 28 heavy (non-hydrogen) atoms. The molecule has 0 aliphatic carbocycles. The molecule has 12 heteroatoms. The second-order valence-corrected chi connectivity index (χ2v) is 5.77. The minimum Gasteiger partial charge on any atom is -0.385 e. The Labute approximate surface area is 162 Å². The number of aromatic nitrogens is 2. The van der Waals surface area contributed by atoms with Crippen molar-refractivity contribution >= 4 is 29.8 Å². The molecule has 2 heterocycles. The third kappa shape index (κ3) is 4.15. The van der Waals surface area contributed by atoms with Crippen molar-refractivity contribution in [3.05, 3.63) is 58.0 Å². The molecule has 4 N–H and O–H groups in total. The molecule has 0 spiro atoms. The number of carbonyl (C=O) groups excluding carboxylic acids is 1. The molecule has 0 unspecified atom stereocenters. The number of hydrogen-bond donors (Lipinski definition) is 3. The predicted molar refractivity (Wildman–Crippen MR) is 96.6 cm³/mol. The zero-order valence-corrected chi connectivity index (χ0v) is 14.9. The molecule has 1 aliphatic rings. The van der Waals surface area contributed by atoms with Crippen molar-refractivity contribution in [2.75, 3.05) is 18.5 Å². The number of anilines is 1. The number of ether oxygens (including phenoxy) is 1. The Morgan fingerprint density at radius 1 is 1.39 bits per heavy atom. The molecule has 150 valence electrons. The van der Waals surface area contributed by atoms with Crippen molar-refractivity contribution in [1.82, 2.24) is 9.97 Å². The number of nitrogens with two attached hydrogens (primary N) is 1. The van der Waals surface area contributed by atoms with Gasteiger partial charge < -0.3 is 20.8 Å². The van der Waals surface area contributed by atoms with E-state index >= 15 is 0 Å². The first-order chi connectivity index (χ1) is 12.8. The minimum atomic E-state index is -3.10. The van der Waals surface area contributed by atoms with Crippen LogP contribution in [0.4, 0.5) is 18.9 Å². The largest absolute Gasteiger partial charge is 0.385 e. The first-order valence-corrected chi connectivity index (χ1v) is 7.68. The zero-order valence-electron chi connectivity index (χ0n) is 14.1. The molecular formula is C16H15ClF3N5O3. The number of amidine groups is 1. The van der Waals surface area contributed by atoms with Crippen LogP contribution in [0.5, 0.6) is 0 Å².